The Bertz CT molecular complexity index is 1280. The van der Waals surface area contributed by atoms with Crippen LogP contribution in [0.15, 0.2) is 29.3 Å². The molecule has 0 radical (unpaired) electrons. The van der Waals surface area contributed by atoms with Gasteiger partial charge in [0.2, 0.25) is 0 Å². The number of aliphatic hydroxyl groups is 1. The number of rotatable bonds is 8. The summed E-state index contributed by atoms with van der Waals surface area (Å²) < 4.78 is 8.64. The summed E-state index contributed by atoms with van der Waals surface area (Å²) in [5.74, 6) is 0.545. The molecule has 35 heavy (non-hydrogen) atoms. The van der Waals surface area contributed by atoms with E-state index in [4.69, 9.17) is 16.3 Å². The van der Waals surface area contributed by atoms with Gasteiger partial charge in [0.05, 0.1) is 23.9 Å². The molecule has 4 rings (SSSR count). The molecule has 11 nitrogen and oxygen atoms in total. The van der Waals surface area contributed by atoms with Crippen LogP contribution >= 0.6 is 11.6 Å². The van der Waals surface area contributed by atoms with Crippen molar-refractivity contribution in [2.24, 2.45) is 5.41 Å². The van der Waals surface area contributed by atoms with E-state index in [1.54, 1.807) is 29.9 Å². The van der Waals surface area contributed by atoms with Crippen LogP contribution in [0.1, 0.15) is 43.1 Å². The molecular formula is C23H30ClN7O4. The van der Waals surface area contributed by atoms with Gasteiger partial charge in [-0.25, -0.2) is 4.98 Å². The summed E-state index contributed by atoms with van der Waals surface area (Å²) in [6.45, 7) is 5.05. The van der Waals surface area contributed by atoms with Crippen molar-refractivity contribution >= 4 is 40.5 Å². The molecule has 0 spiro atoms. The number of hydrogen-bond donors (Lipinski definition) is 4. The van der Waals surface area contributed by atoms with Crippen LogP contribution in [-0.2, 0) is 4.74 Å². The minimum absolute atomic E-state index is 0.0671. The van der Waals surface area contributed by atoms with Crippen molar-refractivity contribution in [2.45, 2.75) is 32.7 Å². The molecule has 4 heterocycles. The number of fused-ring (bicyclic) bond motifs is 1. The van der Waals surface area contributed by atoms with Crippen molar-refractivity contribution in [3.8, 4) is 0 Å². The molecule has 4 N–H and O–H groups in total. The fourth-order valence-corrected chi connectivity index (χ4v) is 4.06. The Labute approximate surface area is 207 Å². The molecule has 12 heteroatoms. The normalized spacial score (nSPS) is 16.3. The summed E-state index contributed by atoms with van der Waals surface area (Å²) in [6.07, 6.45) is 4.76. The van der Waals surface area contributed by atoms with Gasteiger partial charge >= 0.3 is 0 Å². The zero-order valence-corrected chi connectivity index (χ0v) is 20.7. The van der Waals surface area contributed by atoms with Crippen LogP contribution in [0.3, 0.4) is 0 Å². The first-order chi connectivity index (χ1) is 16.7. The van der Waals surface area contributed by atoms with E-state index in [9.17, 15) is 14.7 Å². The Hall–Kier alpha value is -3.15. The number of anilines is 3. The molecule has 0 aliphatic carbocycles. The van der Waals surface area contributed by atoms with E-state index in [0.717, 1.165) is 12.8 Å². The number of hydrogen-bond acceptors (Lipinski definition) is 8. The maximum atomic E-state index is 13.2. The Balaban J connectivity index is 1.68. The monoisotopic (exact) mass is 503 g/mol. The van der Waals surface area contributed by atoms with Gasteiger partial charge in [-0.05, 0) is 18.9 Å². The van der Waals surface area contributed by atoms with Gasteiger partial charge in [0.1, 0.15) is 22.9 Å². The molecule has 1 amide bonds. The molecule has 188 valence electrons. The van der Waals surface area contributed by atoms with Crippen molar-refractivity contribution in [1.29, 1.82) is 0 Å². The standard InChI is InChI=1S/C23H30ClN7O4/c1-23(2,13-32)12-26-21(33)16-9-27-31-19(25-3)8-18(29-20(16)31)28-17-7-14(24)10-30(22(17)34)15-5-4-6-35-11-15/h7-10,15,25,32H,4-6,11-13H2,1-3H3,(H,26,33)(H,28,29). The molecule has 1 atom stereocenters. The Morgan fingerprint density at radius 3 is 2.86 bits per heavy atom. The first-order valence-electron chi connectivity index (χ1n) is 11.4. The number of carbonyl (C=O) groups excluding carboxylic acids is 1. The minimum atomic E-state index is -0.468. The SMILES string of the molecule is CNc1cc(Nc2cc(Cl)cn(C3CCCOC3)c2=O)nc2c(C(=O)NCC(C)(C)CO)cnn12. The van der Waals surface area contributed by atoms with E-state index in [1.165, 1.54) is 10.7 Å². The van der Waals surface area contributed by atoms with Crippen LogP contribution in [0.5, 0.6) is 0 Å². The lowest BCUT2D eigenvalue weighted by molar-refractivity contribution is 0.0581. The third-order valence-electron chi connectivity index (χ3n) is 5.93. The molecule has 1 unspecified atom stereocenters. The highest BCUT2D eigenvalue weighted by Crippen LogP contribution is 2.24. The lowest BCUT2D eigenvalue weighted by Gasteiger charge is -2.25. The molecule has 1 saturated heterocycles. The van der Waals surface area contributed by atoms with Crippen LogP contribution < -0.4 is 21.5 Å². The molecule has 3 aromatic heterocycles. The van der Waals surface area contributed by atoms with Crippen LogP contribution in [0.2, 0.25) is 5.02 Å². The van der Waals surface area contributed by atoms with Gasteiger partial charge in [-0.3, -0.25) is 9.59 Å². The van der Waals surface area contributed by atoms with Crippen molar-refractivity contribution in [2.75, 3.05) is 44.0 Å². The quantitative estimate of drug-likeness (QED) is 0.368. The zero-order chi connectivity index (χ0) is 25.2. The topological polar surface area (TPSA) is 135 Å². The second-order valence-electron chi connectivity index (χ2n) is 9.36. The predicted molar refractivity (Wildman–Crippen MR) is 134 cm³/mol. The van der Waals surface area contributed by atoms with Gasteiger partial charge in [-0.15, -0.1) is 0 Å². The number of nitrogens with one attached hydrogen (secondary N) is 3. The summed E-state index contributed by atoms with van der Waals surface area (Å²) in [6, 6.07) is 3.15. The second-order valence-corrected chi connectivity index (χ2v) is 9.79. The molecule has 1 aliphatic heterocycles. The number of ether oxygens (including phenoxy) is 1. The van der Waals surface area contributed by atoms with Gasteiger partial charge in [-0.2, -0.15) is 9.61 Å². The van der Waals surface area contributed by atoms with Crippen LogP contribution in [-0.4, -0.2) is 63.6 Å². The fraction of sp³-hybridized carbons (Fsp3) is 0.478. The van der Waals surface area contributed by atoms with E-state index in [2.05, 4.69) is 26.0 Å². The number of pyridine rings is 1. The molecule has 1 fully saturated rings. The van der Waals surface area contributed by atoms with Crippen molar-refractivity contribution in [3.63, 3.8) is 0 Å². The molecule has 3 aromatic rings. The molecule has 1 aliphatic rings. The summed E-state index contributed by atoms with van der Waals surface area (Å²) in [7, 11) is 1.72. The number of nitrogens with zero attached hydrogens (tertiary/aromatic N) is 4. The van der Waals surface area contributed by atoms with Gasteiger partial charge in [0.25, 0.3) is 11.5 Å². The Morgan fingerprint density at radius 2 is 2.17 bits per heavy atom. The largest absolute Gasteiger partial charge is 0.396 e. The average Bonchev–Trinajstić information content (AvgIpc) is 3.28. The fourth-order valence-electron chi connectivity index (χ4n) is 3.85. The van der Waals surface area contributed by atoms with E-state index < -0.39 is 5.41 Å². The highest BCUT2D eigenvalue weighted by Gasteiger charge is 2.22. The van der Waals surface area contributed by atoms with Crippen LogP contribution in [0.4, 0.5) is 17.3 Å². The number of carbonyl (C=O) groups is 1. The summed E-state index contributed by atoms with van der Waals surface area (Å²) in [5.41, 5.74) is 0.126. The smallest absolute Gasteiger partial charge is 0.274 e. The summed E-state index contributed by atoms with van der Waals surface area (Å²) in [4.78, 5) is 30.6. The van der Waals surface area contributed by atoms with Gasteiger partial charge in [0, 0.05) is 44.5 Å². The Kier molecular flexibility index (Phi) is 7.29. The number of aromatic nitrogens is 4. The maximum Gasteiger partial charge on any atom is 0.274 e. The maximum absolute atomic E-state index is 13.2. The third kappa shape index (κ3) is 5.42. The Morgan fingerprint density at radius 1 is 1.37 bits per heavy atom. The first-order valence-corrected chi connectivity index (χ1v) is 11.8. The highest BCUT2D eigenvalue weighted by molar-refractivity contribution is 6.30. The van der Waals surface area contributed by atoms with E-state index in [1.807, 2.05) is 13.8 Å². The van der Waals surface area contributed by atoms with E-state index in [0.29, 0.717) is 35.5 Å². The van der Waals surface area contributed by atoms with Crippen LogP contribution in [0.25, 0.3) is 5.65 Å². The minimum Gasteiger partial charge on any atom is -0.396 e. The number of halogens is 1. The zero-order valence-electron chi connectivity index (χ0n) is 20.0. The predicted octanol–water partition coefficient (Wildman–Crippen LogP) is 2.43. The highest BCUT2D eigenvalue weighted by atomic mass is 35.5. The van der Waals surface area contributed by atoms with Gasteiger partial charge < -0.3 is 30.4 Å². The molecule has 0 aromatic carbocycles. The number of amides is 1. The first kappa shape index (κ1) is 25.0. The molecule has 0 bridgehead atoms. The molecule has 0 saturated carbocycles. The average molecular weight is 504 g/mol. The van der Waals surface area contributed by atoms with Crippen molar-refractivity contribution < 1.29 is 14.6 Å². The summed E-state index contributed by atoms with van der Waals surface area (Å²) in [5, 5.41) is 23.1. The number of aliphatic hydroxyl groups excluding tert-OH is 1. The van der Waals surface area contributed by atoms with Crippen molar-refractivity contribution in [1.82, 2.24) is 24.5 Å². The lowest BCUT2D eigenvalue weighted by atomic mass is 9.95. The van der Waals surface area contributed by atoms with Gasteiger partial charge in [0.15, 0.2) is 5.65 Å². The van der Waals surface area contributed by atoms with Gasteiger partial charge in [-0.1, -0.05) is 25.4 Å². The van der Waals surface area contributed by atoms with Crippen LogP contribution in [0, 0.1) is 5.41 Å². The summed E-state index contributed by atoms with van der Waals surface area (Å²) >= 11 is 6.34. The lowest BCUT2D eigenvalue weighted by Crippen LogP contribution is -2.36. The van der Waals surface area contributed by atoms with Crippen molar-refractivity contribution in [3.05, 3.63) is 45.5 Å². The molecular weight excluding hydrogens is 474 g/mol. The second kappa shape index (κ2) is 10.2. The third-order valence-corrected chi connectivity index (χ3v) is 6.14. The van der Waals surface area contributed by atoms with E-state index in [-0.39, 0.29) is 41.9 Å². The van der Waals surface area contributed by atoms with E-state index >= 15 is 0 Å².